The molecule has 1 saturated carbocycles. The fourth-order valence-electron chi connectivity index (χ4n) is 2.20. The van der Waals surface area contributed by atoms with E-state index in [1.54, 1.807) is 0 Å². The van der Waals surface area contributed by atoms with E-state index in [4.69, 9.17) is 5.73 Å². The maximum absolute atomic E-state index is 10.6. The number of carbonyl (C=O) groups is 1. The lowest BCUT2D eigenvalue weighted by Gasteiger charge is -2.29. The van der Waals surface area contributed by atoms with Crippen molar-refractivity contribution in [3.8, 4) is 0 Å². The van der Waals surface area contributed by atoms with E-state index in [0.29, 0.717) is 6.42 Å². The molecule has 1 rings (SSSR count). The summed E-state index contributed by atoms with van der Waals surface area (Å²) in [6.07, 6.45) is 6.83. The molecular formula is C10H18BrNO. The molecule has 2 unspecified atom stereocenters. The van der Waals surface area contributed by atoms with Crippen LogP contribution in [0.1, 0.15) is 38.5 Å². The highest BCUT2D eigenvalue weighted by Gasteiger charge is 2.23. The number of primary amides is 1. The fraction of sp³-hybridized carbons (Fsp3) is 0.900. The lowest BCUT2D eigenvalue weighted by atomic mass is 9.78. The Labute approximate surface area is 88.4 Å². The summed E-state index contributed by atoms with van der Waals surface area (Å²) in [6, 6.07) is 0. The van der Waals surface area contributed by atoms with E-state index in [1.807, 2.05) is 0 Å². The van der Waals surface area contributed by atoms with Crippen molar-refractivity contribution in [2.24, 2.45) is 17.6 Å². The summed E-state index contributed by atoms with van der Waals surface area (Å²) in [5.74, 6) is 1.34. The largest absolute Gasteiger partial charge is 0.370 e. The Bertz CT molecular complexity index is 172. The highest BCUT2D eigenvalue weighted by atomic mass is 79.9. The van der Waals surface area contributed by atoms with Gasteiger partial charge in [0, 0.05) is 11.8 Å². The van der Waals surface area contributed by atoms with Crippen molar-refractivity contribution in [2.75, 3.05) is 5.33 Å². The van der Waals surface area contributed by atoms with Crippen molar-refractivity contribution in [1.82, 2.24) is 0 Å². The summed E-state index contributed by atoms with van der Waals surface area (Å²) in [4.78, 5) is 10.6. The second-order valence-corrected chi connectivity index (χ2v) is 4.61. The minimum Gasteiger partial charge on any atom is -0.370 e. The van der Waals surface area contributed by atoms with Gasteiger partial charge in [0.1, 0.15) is 0 Å². The zero-order valence-corrected chi connectivity index (χ0v) is 9.55. The van der Waals surface area contributed by atoms with Crippen molar-refractivity contribution >= 4 is 21.8 Å². The summed E-state index contributed by atoms with van der Waals surface area (Å²) in [7, 11) is 0. The standard InChI is InChI=1S/C10H18BrNO/c11-7-9-4-2-1-3-8(9)5-6-10(12)13/h8-9H,1-7H2,(H2,12,13). The molecule has 0 bridgehead atoms. The topological polar surface area (TPSA) is 43.1 Å². The van der Waals surface area contributed by atoms with Crippen molar-refractivity contribution in [3.63, 3.8) is 0 Å². The summed E-state index contributed by atoms with van der Waals surface area (Å²) in [5, 5.41) is 1.08. The van der Waals surface area contributed by atoms with Crippen LogP contribution in [-0.2, 0) is 4.79 Å². The van der Waals surface area contributed by atoms with Crippen LogP contribution in [0.5, 0.6) is 0 Å². The molecule has 0 aromatic heterocycles. The van der Waals surface area contributed by atoms with Gasteiger partial charge in [-0.05, 0) is 24.7 Å². The lowest BCUT2D eigenvalue weighted by molar-refractivity contribution is -0.118. The average Bonchev–Trinajstić information content (AvgIpc) is 2.15. The van der Waals surface area contributed by atoms with Crippen LogP contribution in [0.25, 0.3) is 0 Å². The Morgan fingerprint density at radius 3 is 2.46 bits per heavy atom. The Morgan fingerprint density at radius 1 is 1.31 bits per heavy atom. The first-order valence-corrected chi connectivity index (χ1v) is 6.20. The SMILES string of the molecule is NC(=O)CCC1CCCCC1CBr. The molecule has 3 heteroatoms. The zero-order chi connectivity index (χ0) is 9.68. The van der Waals surface area contributed by atoms with Crippen LogP contribution in [0.2, 0.25) is 0 Å². The minimum absolute atomic E-state index is 0.154. The van der Waals surface area contributed by atoms with Gasteiger partial charge in [0.15, 0.2) is 0 Å². The molecule has 1 amide bonds. The molecule has 1 fully saturated rings. The van der Waals surface area contributed by atoms with Gasteiger partial charge < -0.3 is 5.73 Å². The Hall–Kier alpha value is -0.0500. The summed E-state index contributed by atoms with van der Waals surface area (Å²) in [5.41, 5.74) is 5.15. The van der Waals surface area contributed by atoms with Gasteiger partial charge in [-0.1, -0.05) is 35.2 Å². The molecule has 2 N–H and O–H groups in total. The number of amides is 1. The molecule has 0 saturated heterocycles. The van der Waals surface area contributed by atoms with Gasteiger partial charge in [-0.3, -0.25) is 4.79 Å². The number of carbonyl (C=O) groups excluding carboxylic acids is 1. The molecule has 1 aliphatic carbocycles. The van der Waals surface area contributed by atoms with Crippen LogP contribution < -0.4 is 5.73 Å². The molecule has 0 aromatic carbocycles. The van der Waals surface area contributed by atoms with Gasteiger partial charge in [-0.25, -0.2) is 0 Å². The Kier molecular flexibility index (Phi) is 4.78. The number of halogens is 1. The average molecular weight is 248 g/mol. The third-order valence-corrected chi connectivity index (χ3v) is 3.86. The molecule has 2 atom stereocenters. The van der Waals surface area contributed by atoms with Crippen LogP contribution in [0, 0.1) is 11.8 Å². The molecule has 0 radical (unpaired) electrons. The number of hydrogen-bond acceptors (Lipinski definition) is 1. The molecule has 13 heavy (non-hydrogen) atoms. The van der Waals surface area contributed by atoms with E-state index in [2.05, 4.69) is 15.9 Å². The highest BCUT2D eigenvalue weighted by molar-refractivity contribution is 9.09. The molecule has 0 heterocycles. The lowest BCUT2D eigenvalue weighted by Crippen LogP contribution is -2.22. The monoisotopic (exact) mass is 247 g/mol. The van der Waals surface area contributed by atoms with Crippen LogP contribution >= 0.6 is 15.9 Å². The molecule has 2 nitrogen and oxygen atoms in total. The first-order chi connectivity index (χ1) is 6.24. The number of rotatable bonds is 4. The Morgan fingerprint density at radius 2 is 1.92 bits per heavy atom. The van der Waals surface area contributed by atoms with Crippen molar-refractivity contribution in [2.45, 2.75) is 38.5 Å². The fourth-order valence-corrected chi connectivity index (χ4v) is 3.05. The summed E-state index contributed by atoms with van der Waals surface area (Å²) < 4.78 is 0. The number of alkyl halides is 1. The van der Waals surface area contributed by atoms with Crippen molar-refractivity contribution in [3.05, 3.63) is 0 Å². The molecular weight excluding hydrogens is 230 g/mol. The van der Waals surface area contributed by atoms with Gasteiger partial charge >= 0.3 is 0 Å². The Balaban J connectivity index is 2.31. The van der Waals surface area contributed by atoms with E-state index >= 15 is 0 Å². The second kappa shape index (κ2) is 5.63. The molecule has 1 aliphatic rings. The zero-order valence-electron chi connectivity index (χ0n) is 7.97. The molecule has 0 aliphatic heterocycles. The first kappa shape index (κ1) is 11.0. The second-order valence-electron chi connectivity index (χ2n) is 3.96. The summed E-state index contributed by atoms with van der Waals surface area (Å²) >= 11 is 3.54. The predicted octanol–water partition coefficient (Wildman–Crippen LogP) is 2.45. The van der Waals surface area contributed by atoms with E-state index < -0.39 is 0 Å². The molecule has 0 spiro atoms. The van der Waals surface area contributed by atoms with E-state index in [1.165, 1.54) is 25.7 Å². The highest BCUT2D eigenvalue weighted by Crippen LogP contribution is 2.34. The van der Waals surface area contributed by atoms with Gasteiger partial charge in [0.2, 0.25) is 5.91 Å². The third kappa shape index (κ3) is 3.67. The number of hydrogen-bond donors (Lipinski definition) is 1. The van der Waals surface area contributed by atoms with Crippen LogP contribution in [-0.4, -0.2) is 11.2 Å². The normalized spacial score (nSPS) is 28.7. The maximum Gasteiger partial charge on any atom is 0.217 e. The smallest absolute Gasteiger partial charge is 0.217 e. The van der Waals surface area contributed by atoms with Crippen molar-refractivity contribution < 1.29 is 4.79 Å². The third-order valence-electron chi connectivity index (χ3n) is 3.03. The minimum atomic E-state index is -0.154. The van der Waals surface area contributed by atoms with Gasteiger partial charge in [-0.15, -0.1) is 0 Å². The van der Waals surface area contributed by atoms with Gasteiger partial charge in [-0.2, -0.15) is 0 Å². The van der Waals surface area contributed by atoms with E-state index in [-0.39, 0.29) is 5.91 Å². The van der Waals surface area contributed by atoms with E-state index in [9.17, 15) is 4.79 Å². The summed E-state index contributed by atoms with van der Waals surface area (Å²) in [6.45, 7) is 0. The molecule has 76 valence electrons. The quantitative estimate of drug-likeness (QED) is 0.763. The van der Waals surface area contributed by atoms with Crippen LogP contribution in [0.4, 0.5) is 0 Å². The predicted molar refractivity (Wildman–Crippen MR) is 57.7 cm³/mol. The van der Waals surface area contributed by atoms with Gasteiger partial charge in [0.05, 0.1) is 0 Å². The van der Waals surface area contributed by atoms with Crippen LogP contribution in [0.15, 0.2) is 0 Å². The number of nitrogens with two attached hydrogens (primary N) is 1. The first-order valence-electron chi connectivity index (χ1n) is 5.08. The van der Waals surface area contributed by atoms with Crippen molar-refractivity contribution in [1.29, 1.82) is 0 Å². The van der Waals surface area contributed by atoms with E-state index in [0.717, 1.165) is 23.6 Å². The van der Waals surface area contributed by atoms with Crippen LogP contribution in [0.3, 0.4) is 0 Å². The molecule has 0 aromatic rings. The maximum atomic E-state index is 10.6. The van der Waals surface area contributed by atoms with Gasteiger partial charge in [0.25, 0.3) is 0 Å².